The molecule has 0 aromatic rings. The highest BCUT2D eigenvalue weighted by Crippen LogP contribution is 2.50. The minimum absolute atomic E-state index is 0.108. The molecule has 1 spiro atoms. The number of carbonyl (C=O) groups excluding carboxylic acids is 1. The van der Waals surface area contributed by atoms with Crippen molar-refractivity contribution in [2.24, 2.45) is 0 Å². The summed E-state index contributed by atoms with van der Waals surface area (Å²) in [4.78, 5) is 10.6. The summed E-state index contributed by atoms with van der Waals surface area (Å²) >= 11 is 0. The Balaban J connectivity index is 1.92. The first-order valence-electron chi connectivity index (χ1n) is 5.22. The van der Waals surface area contributed by atoms with Gasteiger partial charge in [0.2, 0.25) is 0 Å². The molecule has 1 N–H and O–H groups in total. The van der Waals surface area contributed by atoms with E-state index < -0.39 is 5.60 Å². The molecule has 1 aliphatic carbocycles. The zero-order valence-corrected chi connectivity index (χ0v) is 8.86. The molecular weight excluding hydrogens is 196 g/mol. The standard InChI is InChI=1S/C11H16O4/c1-7-3-4-9(13)5-11(7)10(15-11)6-14-8(2)12/h9-10,13H,1,3-6H2,2H3. The van der Waals surface area contributed by atoms with Crippen molar-refractivity contribution < 1.29 is 19.4 Å². The summed E-state index contributed by atoms with van der Waals surface area (Å²) in [6, 6.07) is 0. The molecule has 84 valence electrons. The van der Waals surface area contributed by atoms with Crippen molar-refractivity contribution in [2.45, 2.75) is 44.0 Å². The smallest absolute Gasteiger partial charge is 0.302 e. The van der Waals surface area contributed by atoms with Crippen molar-refractivity contribution in [2.75, 3.05) is 6.61 Å². The van der Waals surface area contributed by atoms with E-state index in [0.29, 0.717) is 6.42 Å². The largest absolute Gasteiger partial charge is 0.463 e. The SMILES string of the molecule is C=C1CCC(O)CC12OC2COC(C)=O. The Bertz CT molecular complexity index is 299. The van der Waals surface area contributed by atoms with Gasteiger partial charge in [-0.2, -0.15) is 0 Å². The Morgan fingerprint density at radius 1 is 1.80 bits per heavy atom. The van der Waals surface area contributed by atoms with Gasteiger partial charge in [0.25, 0.3) is 0 Å². The lowest BCUT2D eigenvalue weighted by molar-refractivity contribution is -0.141. The van der Waals surface area contributed by atoms with Gasteiger partial charge in [0.1, 0.15) is 18.3 Å². The van der Waals surface area contributed by atoms with Gasteiger partial charge in [-0.05, 0) is 18.4 Å². The average Bonchev–Trinajstić information content (AvgIpc) is 2.84. The number of hydrogen-bond acceptors (Lipinski definition) is 4. The van der Waals surface area contributed by atoms with E-state index in [1.807, 2.05) is 0 Å². The van der Waals surface area contributed by atoms with Gasteiger partial charge >= 0.3 is 5.97 Å². The molecule has 1 heterocycles. The molecule has 0 radical (unpaired) electrons. The molecule has 4 nitrogen and oxygen atoms in total. The molecule has 15 heavy (non-hydrogen) atoms. The normalized spacial score (nSPS) is 39.2. The number of carbonyl (C=O) groups is 1. The highest BCUT2D eigenvalue weighted by Gasteiger charge is 2.60. The van der Waals surface area contributed by atoms with Crippen LogP contribution in [0.3, 0.4) is 0 Å². The number of rotatable bonds is 2. The van der Waals surface area contributed by atoms with Crippen LogP contribution in [0.1, 0.15) is 26.2 Å². The zero-order chi connectivity index (χ0) is 11.1. The van der Waals surface area contributed by atoms with Crippen LogP contribution in [0.4, 0.5) is 0 Å². The third-order valence-electron chi connectivity index (χ3n) is 3.17. The van der Waals surface area contributed by atoms with E-state index in [0.717, 1.165) is 18.4 Å². The predicted octanol–water partition coefficient (Wildman–Crippen LogP) is 0.788. The quantitative estimate of drug-likeness (QED) is 0.417. The van der Waals surface area contributed by atoms with Gasteiger partial charge in [-0.25, -0.2) is 0 Å². The summed E-state index contributed by atoms with van der Waals surface area (Å²) in [5.41, 5.74) is 0.609. The molecule has 3 unspecified atom stereocenters. The summed E-state index contributed by atoms with van der Waals surface area (Å²) in [6.07, 6.45) is 1.70. The maximum Gasteiger partial charge on any atom is 0.302 e. The Morgan fingerprint density at radius 2 is 2.53 bits per heavy atom. The maximum atomic E-state index is 10.6. The first-order valence-corrected chi connectivity index (χ1v) is 5.22. The highest BCUT2D eigenvalue weighted by molar-refractivity contribution is 5.66. The van der Waals surface area contributed by atoms with E-state index in [1.54, 1.807) is 0 Å². The van der Waals surface area contributed by atoms with E-state index in [-0.39, 0.29) is 24.8 Å². The summed E-state index contributed by atoms with van der Waals surface area (Å²) in [6.45, 7) is 5.60. The van der Waals surface area contributed by atoms with Crippen molar-refractivity contribution in [3.63, 3.8) is 0 Å². The topological polar surface area (TPSA) is 59.1 Å². The number of aliphatic hydroxyl groups excluding tert-OH is 1. The van der Waals surface area contributed by atoms with Crippen LogP contribution in [0, 0.1) is 0 Å². The van der Waals surface area contributed by atoms with Crippen molar-refractivity contribution in [3.05, 3.63) is 12.2 Å². The van der Waals surface area contributed by atoms with Gasteiger partial charge in [0.15, 0.2) is 0 Å². The Kier molecular flexibility index (Phi) is 2.56. The van der Waals surface area contributed by atoms with Gasteiger partial charge in [-0.15, -0.1) is 0 Å². The molecule has 1 saturated carbocycles. The average molecular weight is 212 g/mol. The Labute approximate surface area is 88.9 Å². The summed E-state index contributed by atoms with van der Waals surface area (Å²) in [5, 5.41) is 9.57. The van der Waals surface area contributed by atoms with Gasteiger partial charge in [-0.3, -0.25) is 4.79 Å². The van der Waals surface area contributed by atoms with Crippen molar-refractivity contribution in [1.29, 1.82) is 0 Å². The molecule has 2 rings (SSSR count). The lowest BCUT2D eigenvalue weighted by atomic mass is 9.81. The molecule has 2 aliphatic rings. The second kappa shape index (κ2) is 3.61. The van der Waals surface area contributed by atoms with Crippen LogP contribution in [0.5, 0.6) is 0 Å². The molecule has 1 saturated heterocycles. The molecule has 1 aliphatic heterocycles. The number of hydrogen-bond donors (Lipinski definition) is 1. The minimum Gasteiger partial charge on any atom is -0.463 e. The van der Waals surface area contributed by atoms with E-state index in [1.165, 1.54) is 6.92 Å². The highest BCUT2D eigenvalue weighted by atomic mass is 16.6. The molecule has 0 amide bonds. The molecule has 2 fully saturated rings. The van der Waals surface area contributed by atoms with E-state index in [4.69, 9.17) is 9.47 Å². The Hall–Kier alpha value is -0.870. The van der Waals surface area contributed by atoms with Gasteiger partial charge in [0, 0.05) is 13.3 Å². The van der Waals surface area contributed by atoms with Gasteiger partial charge in [-0.1, -0.05) is 6.58 Å². The number of esters is 1. The molecule has 3 atom stereocenters. The number of aliphatic hydroxyl groups is 1. The monoisotopic (exact) mass is 212 g/mol. The molecule has 4 heteroatoms. The molecular formula is C11H16O4. The first-order chi connectivity index (χ1) is 7.04. The summed E-state index contributed by atoms with van der Waals surface area (Å²) in [7, 11) is 0. The molecule has 0 aromatic heterocycles. The van der Waals surface area contributed by atoms with E-state index in [9.17, 15) is 9.90 Å². The number of ether oxygens (including phenoxy) is 2. The van der Waals surface area contributed by atoms with Crippen LogP contribution in [0.15, 0.2) is 12.2 Å². The van der Waals surface area contributed by atoms with Crippen LogP contribution in [0.25, 0.3) is 0 Å². The minimum atomic E-state index is -0.410. The van der Waals surface area contributed by atoms with Crippen molar-refractivity contribution in [1.82, 2.24) is 0 Å². The first kappa shape index (κ1) is 10.6. The van der Waals surface area contributed by atoms with Crippen molar-refractivity contribution in [3.8, 4) is 0 Å². The summed E-state index contributed by atoms with van der Waals surface area (Å²) < 4.78 is 10.4. The van der Waals surface area contributed by atoms with E-state index in [2.05, 4.69) is 6.58 Å². The van der Waals surface area contributed by atoms with Crippen LogP contribution in [-0.2, 0) is 14.3 Å². The van der Waals surface area contributed by atoms with Crippen LogP contribution in [0.2, 0.25) is 0 Å². The zero-order valence-electron chi connectivity index (χ0n) is 8.86. The summed E-state index contributed by atoms with van der Waals surface area (Å²) in [5.74, 6) is -0.303. The fraction of sp³-hybridized carbons (Fsp3) is 0.727. The fourth-order valence-electron chi connectivity index (χ4n) is 2.22. The molecule has 0 bridgehead atoms. The van der Waals surface area contributed by atoms with Gasteiger partial charge < -0.3 is 14.6 Å². The maximum absolute atomic E-state index is 10.6. The third kappa shape index (κ3) is 1.92. The van der Waals surface area contributed by atoms with E-state index >= 15 is 0 Å². The number of epoxide rings is 1. The van der Waals surface area contributed by atoms with Crippen molar-refractivity contribution >= 4 is 5.97 Å². The molecule has 0 aromatic carbocycles. The second-order valence-corrected chi connectivity index (χ2v) is 4.30. The van der Waals surface area contributed by atoms with Crippen LogP contribution < -0.4 is 0 Å². The predicted molar refractivity (Wildman–Crippen MR) is 53.2 cm³/mol. The third-order valence-corrected chi connectivity index (χ3v) is 3.17. The van der Waals surface area contributed by atoms with Crippen LogP contribution >= 0.6 is 0 Å². The second-order valence-electron chi connectivity index (χ2n) is 4.30. The van der Waals surface area contributed by atoms with Gasteiger partial charge in [0.05, 0.1) is 6.10 Å². The fourth-order valence-corrected chi connectivity index (χ4v) is 2.22. The van der Waals surface area contributed by atoms with Crippen LogP contribution in [-0.4, -0.2) is 35.5 Å². The Morgan fingerprint density at radius 3 is 3.20 bits per heavy atom. The lowest BCUT2D eigenvalue weighted by Gasteiger charge is -2.26. The lowest BCUT2D eigenvalue weighted by Crippen LogP contribution is -2.31.